The number of carbonyl (C=O) groups excluding carboxylic acids is 2. The molecule has 0 bridgehead atoms. The summed E-state index contributed by atoms with van der Waals surface area (Å²) in [4.78, 5) is 26.6. The fraction of sp³-hybridized carbons (Fsp3) is 0.273. The SMILES string of the molecule is CCOc1ccc(C(O)=C2C(=O)C(=O)N(CCCO)[C@H]2c2ccc(F)cc2)cc1. The van der Waals surface area contributed by atoms with E-state index in [1.54, 1.807) is 24.3 Å². The van der Waals surface area contributed by atoms with E-state index in [2.05, 4.69) is 0 Å². The summed E-state index contributed by atoms with van der Waals surface area (Å²) < 4.78 is 18.8. The van der Waals surface area contributed by atoms with E-state index in [0.29, 0.717) is 23.5 Å². The van der Waals surface area contributed by atoms with Gasteiger partial charge in [-0.15, -0.1) is 0 Å². The van der Waals surface area contributed by atoms with Crippen LogP contribution in [-0.2, 0) is 9.59 Å². The van der Waals surface area contributed by atoms with Crippen LogP contribution in [0.5, 0.6) is 5.75 Å². The first-order chi connectivity index (χ1) is 14.0. The largest absolute Gasteiger partial charge is 0.507 e. The van der Waals surface area contributed by atoms with Crippen molar-refractivity contribution in [2.45, 2.75) is 19.4 Å². The highest BCUT2D eigenvalue weighted by molar-refractivity contribution is 6.46. The van der Waals surface area contributed by atoms with Gasteiger partial charge in [0, 0.05) is 18.7 Å². The van der Waals surface area contributed by atoms with E-state index in [4.69, 9.17) is 9.84 Å². The average Bonchev–Trinajstić information content (AvgIpc) is 2.98. The van der Waals surface area contributed by atoms with E-state index in [1.165, 1.54) is 29.2 Å². The lowest BCUT2D eigenvalue weighted by atomic mass is 9.95. The topological polar surface area (TPSA) is 87.1 Å². The number of hydrogen-bond donors (Lipinski definition) is 2. The van der Waals surface area contributed by atoms with Crippen molar-refractivity contribution >= 4 is 17.4 Å². The van der Waals surface area contributed by atoms with Crippen LogP contribution in [0, 0.1) is 5.82 Å². The molecule has 2 aromatic rings. The van der Waals surface area contributed by atoms with Crippen molar-refractivity contribution in [1.82, 2.24) is 4.90 Å². The third-order valence-corrected chi connectivity index (χ3v) is 4.72. The van der Waals surface area contributed by atoms with Crippen LogP contribution in [0.15, 0.2) is 54.1 Å². The molecule has 7 heteroatoms. The summed E-state index contributed by atoms with van der Waals surface area (Å²) in [5.41, 5.74) is 0.792. The van der Waals surface area contributed by atoms with Crippen LogP contribution in [0.25, 0.3) is 5.76 Å². The zero-order chi connectivity index (χ0) is 21.0. The highest BCUT2D eigenvalue weighted by Crippen LogP contribution is 2.39. The van der Waals surface area contributed by atoms with Gasteiger partial charge in [0.15, 0.2) is 0 Å². The number of nitrogens with zero attached hydrogens (tertiary/aromatic N) is 1. The predicted octanol–water partition coefficient (Wildman–Crippen LogP) is 3.03. The molecule has 2 N–H and O–H groups in total. The lowest BCUT2D eigenvalue weighted by Crippen LogP contribution is -2.31. The van der Waals surface area contributed by atoms with E-state index >= 15 is 0 Å². The number of rotatable bonds is 7. The molecule has 1 aliphatic rings. The van der Waals surface area contributed by atoms with Gasteiger partial charge in [-0.3, -0.25) is 9.59 Å². The number of halogens is 1. The number of ether oxygens (including phenoxy) is 1. The van der Waals surface area contributed by atoms with E-state index in [1.807, 2.05) is 6.92 Å². The minimum absolute atomic E-state index is 0.0660. The second-order valence-corrected chi connectivity index (χ2v) is 6.58. The molecular formula is C22H22FNO5. The molecule has 1 aliphatic heterocycles. The monoisotopic (exact) mass is 399 g/mol. The van der Waals surface area contributed by atoms with Gasteiger partial charge in [-0.25, -0.2) is 4.39 Å². The van der Waals surface area contributed by atoms with Crippen molar-refractivity contribution in [3.8, 4) is 5.75 Å². The third kappa shape index (κ3) is 4.14. The first-order valence-corrected chi connectivity index (χ1v) is 9.36. The summed E-state index contributed by atoms with van der Waals surface area (Å²) in [6.07, 6.45) is 0.272. The molecular weight excluding hydrogens is 377 g/mol. The fourth-order valence-electron chi connectivity index (χ4n) is 3.37. The average molecular weight is 399 g/mol. The number of amides is 1. The maximum atomic E-state index is 13.4. The molecule has 0 aromatic heterocycles. The Labute approximate surface area is 167 Å². The molecule has 3 rings (SSSR count). The van der Waals surface area contributed by atoms with Crippen molar-refractivity contribution in [3.63, 3.8) is 0 Å². The molecule has 152 valence electrons. The van der Waals surface area contributed by atoms with Crippen molar-refractivity contribution < 1.29 is 28.9 Å². The van der Waals surface area contributed by atoms with Crippen LogP contribution < -0.4 is 4.74 Å². The smallest absolute Gasteiger partial charge is 0.295 e. The lowest BCUT2D eigenvalue weighted by Gasteiger charge is -2.25. The van der Waals surface area contributed by atoms with Crippen molar-refractivity contribution in [2.75, 3.05) is 19.8 Å². The van der Waals surface area contributed by atoms with E-state index in [9.17, 15) is 19.1 Å². The fourth-order valence-corrected chi connectivity index (χ4v) is 3.37. The van der Waals surface area contributed by atoms with Crippen molar-refractivity contribution in [2.24, 2.45) is 0 Å². The number of aliphatic hydroxyl groups excluding tert-OH is 2. The minimum atomic E-state index is -0.867. The van der Waals surface area contributed by atoms with Gasteiger partial charge in [0.1, 0.15) is 17.3 Å². The van der Waals surface area contributed by atoms with Gasteiger partial charge >= 0.3 is 0 Å². The molecule has 1 amide bonds. The Hall–Kier alpha value is -3.19. The standard InChI is InChI=1S/C22H22FNO5/c1-2-29-17-10-6-15(7-11-17)20(26)18-19(14-4-8-16(23)9-5-14)24(12-3-13-25)22(28)21(18)27/h4-11,19,25-26H,2-3,12-13H2,1H3/t19-/m0/s1. The number of benzene rings is 2. The predicted molar refractivity (Wildman–Crippen MR) is 105 cm³/mol. The molecule has 29 heavy (non-hydrogen) atoms. The molecule has 0 aliphatic carbocycles. The van der Waals surface area contributed by atoms with Gasteiger partial charge in [0.2, 0.25) is 0 Å². The maximum absolute atomic E-state index is 13.4. The Morgan fingerprint density at radius 1 is 1.10 bits per heavy atom. The molecule has 6 nitrogen and oxygen atoms in total. The molecule has 2 aromatic carbocycles. The number of carbonyl (C=O) groups is 2. The molecule has 0 spiro atoms. The Bertz CT molecular complexity index is 921. The summed E-state index contributed by atoms with van der Waals surface area (Å²) >= 11 is 0. The van der Waals surface area contributed by atoms with Gasteiger partial charge in [-0.05, 0) is 55.3 Å². The zero-order valence-corrected chi connectivity index (χ0v) is 16.0. The van der Waals surface area contributed by atoms with Crippen LogP contribution in [-0.4, -0.2) is 46.6 Å². The zero-order valence-electron chi connectivity index (χ0n) is 16.0. The number of likely N-dealkylation sites (tertiary alicyclic amines) is 1. The summed E-state index contributed by atoms with van der Waals surface area (Å²) in [5.74, 6) is -1.73. The molecule has 1 fully saturated rings. The highest BCUT2D eigenvalue weighted by atomic mass is 19.1. The summed E-state index contributed by atoms with van der Waals surface area (Å²) in [5, 5.41) is 20.0. The molecule has 1 heterocycles. The second-order valence-electron chi connectivity index (χ2n) is 6.58. The Balaban J connectivity index is 2.09. The van der Waals surface area contributed by atoms with Crippen LogP contribution in [0.3, 0.4) is 0 Å². The first kappa shape index (κ1) is 20.5. The number of Topliss-reactive ketones (excluding diaryl/α,β-unsaturated/α-hetero) is 1. The third-order valence-electron chi connectivity index (χ3n) is 4.72. The van der Waals surface area contributed by atoms with Crippen LogP contribution in [0.2, 0.25) is 0 Å². The maximum Gasteiger partial charge on any atom is 0.295 e. The summed E-state index contributed by atoms with van der Waals surface area (Å²) in [6, 6.07) is 11.1. The molecule has 0 saturated carbocycles. The van der Waals surface area contributed by atoms with Gasteiger partial charge in [-0.1, -0.05) is 12.1 Å². The van der Waals surface area contributed by atoms with Gasteiger partial charge in [0.05, 0.1) is 18.2 Å². The van der Waals surface area contributed by atoms with E-state index < -0.39 is 23.5 Å². The van der Waals surface area contributed by atoms with Crippen molar-refractivity contribution in [3.05, 3.63) is 71.0 Å². The van der Waals surface area contributed by atoms with Gasteiger partial charge in [-0.2, -0.15) is 0 Å². The minimum Gasteiger partial charge on any atom is -0.507 e. The van der Waals surface area contributed by atoms with Crippen LogP contribution >= 0.6 is 0 Å². The van der Waals surface area contributed by atoms with E-state index in [0.717, 1.165) is 0 Å². The normalized spacial score (nSPS) is 18.3. The molecule has 0 unspecified atom stereocenters. The summed E-state index contributed by atoms with van der Waals surface area (Å²) in [6.45, 7) is 2.32. The van der Waals surface area contributed by atoms with E-state index in [-0.39, 0.29) is 30.9 Å². The second kappa shape index (κ2) is 8.87. The Morgan fingerprint density at radius 2 is 1.76 bits per heavy atom. The lowest BCUT2D eigenvalue weighted by molar-refractivity contribution is -0.140. The number of hydrogen-bond acceptors (Lipinski definition) is 5. The summed E-state index contributed by atoms with van der Waals surface area (Å²) in [7, 11) is 0. The quantitative estimate of drug-likeness (QED) is 0.425. The first-order valence-electron chi connectivity index (χ1n) is 9.36. The molecule has 1 saturated heterocycles. The van der Waals surface area contributed by atoms with Crippen molar-refractivity contribution in [1.29, 1.82) is 0 Å². The van der Waals surface area contributed by atoms with Gasteiger partial charge < -0.3 is 19.8 Å². The Morgan fingerprint density at radius 3 is 2.34 bits per heavy atom. The van der Waals surface area contributed by atoms with Crippen LogP contribution in [0.1, 0.15) is 30.5 Å². The van der Waals surface area contributed by atoms with Gasteiger partial charge in [0.25, 0.3) is 11.7 Å². The Kier molecular flexibility index (Phi) is 6.29. The highest BCUT2D eigenvalue weighted by Gasteiger charge is 2.45. The number of aliphatic hydroxyl groups is 2. The molecule has 1 atom stereocenters. The number of ketones is 1. The van der Waals surface area contributed by atoms with Crippen LogP contribution in [0.4, 0.5) is 4.39 Å². The molecule has 0 radical (unpaired) electrons.